The molecule has 0 aromatic heterocycles. The number of hydrogen-bond acceptors (Lipinski definition) is 6. The fourth-order valence-electron chi connectivity index (χ4n) is 3.70. The molecule has 2 rings (SSSR count). The zero-order chi connectivity index (χ0) is 26.0. The molecule has 0 radical (unpaired) electrons. The van der Waals surface area contributed by atoms with Gasteiger partial charge in [0.15, 0.2) is 11.6 Å². The number of esters is 1. The highest BCUT2D eigenvalue weighted by molar-refractivity contribution is 6.18. The molecule has 0 bridgehead atoms. The van der Waals surface area contributed by atoms with Crippen LogP contribution in [-0.4, -0.2) is 55.6 Å². The Kier molecular flexibility index (Phi) is 11.8. The largest absolute Gasteiger partial charge is 0.491 e. The van der Waals surface area contributed by atoms with E-state index in [2.05, 4.69) is 0 Å². The maximum absolute atomic E-state index is 12.9. The Balaban J connectivity index is 2.26. The first-order valence-corrected chi connectivity index (χ1v) is 13.0. The Morgan fingerprint density at radius 2 is 1.74 bits per heavy atom. The Morgan fingerprint density at radius 1 is 1.09 bits per heavy atom. The van der Waals surface area contributed by atoms with Crippen LogP contribution >= 0.6 is 23.2 Å². The van der Waals surface area contributed by atoms with Gasteiger partial charge in [-0.15, -0.1) is 23.2 Å². The zero-order valence-corrected chi connectivity index (χ0v) is 22.5. The molecule has 1 aliphatic carbocycles. The second-order valence-corrected chi connectivity index (χ2v) is 9.45. The first-order chi connectivity index (χ1) is 16.7. The van der Waals surface area contributed by atoms with E-state index in [9.17, 15) is 14.4 Å². The van der Waals surface area contributed by atoms with Crippen LogP contribution < -0.4 is 9.64 Å². The summed E-state index contributed by atoms with van der Waals surface area (Å²) in [4.78, 5) is 39.6. The summed E-state index contributed by atoms with van der Waals surface area (Å²) in [6.07, 6.45) is 5.16. The maximum atomic E-state index is 12.9. The summed E-state index contributed by atoms with van der Waals surface area (Å²) in [6, 6.07) is 5.12. The van der Waals surface area contributed by atoms with Gasteiger partial charge in [-0.3, -0.25) is 9.59 Å². The lowest BCUT2D eigenvalue weighted by atomic mass is 9.86. The van der Waals surface area contributed by atoms with Gasteiger partial charge in [-0.25, -0.2) is 4.79 Å². The van der Waals surface area contributed by atoms with E-state index in [-0.39, 0.29) is 29.3 Å². The topological polar surface area (TPSA) is 72.9 Å². The molecule has 0 aliphatic heterocycles. The number of anilines is 1. The standard InChI is InChI=1S/C27H35Cl2NO5/c1-5-18(2)26(32)19(3)23(20(4)31)17-35-27(33)22-9-10-24(30(13-11-28)14-12-29)25(15-22)34-16-21-7-6-8-21/h5,9-10,15,21H,6-8,11-14,16-17H2,1-4H3/b18-5+,23-19-. The van der Waals surface area contributed by atoms with Crippen LogP contribution in [0.1, 0.15) is 57.3 Å². The van der Waals surface area contributed by atoms with Crippen molar-refractivity contribution in [3.8, 4) is 5.75 Å². The van der Waals surface area contributed by atoms with E-state index in [1.54, 1.807) is 45.0 Å². The highest BCUT2D eigenvalue weighted by Crippen LogP contribution is 2.33. The highest BCUT2D eigenvalue weighted by atomic mass is 35.5. The third-order valence-electron chi connectivity index (χ3n) is 6.30. The van der Waals surface area contributed by atoms with Gasteiger partial charge < -0.3 is 14.4 Å². The van der Waals surface area contributed by atoms with Gasteiger partial charge in [-0.05, 0) is 70.2 Å². The van der Waals surface area contributed by atoms with Crippen LogP contribution in [0.5, 0.6) is 5.75 Å². The average Bonchev–Trinajstić information content (AvgIpc) is 2.81. The van der Waals surface area contributed by atoms with Gasteiger partial charge >= 0.3 is 5.97 Å². The van der Waals surface area contributed by atoms with E-state index in [4.69, 9.17) is 32.7 Å². The van der Waals surface area contributed by atoms with E-state index in [1.807, 2.05) is 4.90 Å². The van der Waals surface area contributed by atoms with Crippen LogP contribution in [0.4, 0.5) is 5.69 Å². The predicted octanol–water partition coefficient (Wildman–Crippen LogP) is 5.75. The fraction of sp³-hybridized carbons (Fsp3) is 0.519. The van der Waals surface area contributed by atoms with Gasteiger partial charge in [0, 0.05) is 36.0 Å². The minimum absolute atomic E-state index is 0.179. The molecular formula is C27H35Cl2NO5. The van der Waals surface area contributed by atoms with Crippen LogP contribution in [0.2, 0.25) is 0 Å². The minimum Gasteiger partial charge on any atom is -0.491 e. The van der Waals surface area contributed by atoms with Gasteiger partial charge in [0.1, 0.15) is 12.4 Å². The molecule has 8 heteroatoms. The van der Waals surface area contributed by atoms with E-state index < -0.39 is 5.97 Å². The molecule has 0 unspecified atom stereocenters. The van der Waals surface area contributed by atoms with Crippen molar-refractivity contribution in [3.05, 3.63) is 46.6 Å². The second kappa shape index (κ2) is 14.3. The number of carbonyl (C=O) groups excluding carboxylic acids is 3. The number of rotatable bonds is 14. The molecule has 0 spiro atoms. The van der Waals surface area contributed by atoms with Crippen molar-refractivity contribution in [3.63, 3.8) is 0 Å². The number of alkyl halides is 2. The van der Waals surface area contributed by atoms with Crippen LogP contribution in [0.25, 0.3) is 0 Å². The number of allylic oxidation sites excluding steroid dienone is 3. The SMILES string of the molecule is C/C=C(\C)C(=O)/C(C)=C(/COC(=O)c1ccc(N(CCCl)CCCl)c(OCC2CCC2)c1)C(C)=O. The Labute approximate surface area is 218 Å². The zero-order valence-electron chi connectivity index (χ0n) is 21.0. The lowest BCUT2D eigenvalue weighted by Crippen LogP contribution is -2.29. The van der Waals surface area contributed by atoms with Crippen molar-refractivity contribution in [2.24, 2.45) is 5.92 Å². The first-order valence-electron chi connectivity index (χ1n) is 11.9. The highest BCUT2D eigenvalue weighted by Gasteiger charge is 2.22. The van der Waals surface area contributed by atoms with Crippen molar-refractivity contribution >= 4 is 46.4 Å². The molecule has 1 aliphatic rings. The molecule has 0 saturated heterocycles. The van der Waals surface area contributed by atoms with E-state index >= 15 is 0 Å². The van der Waals surface area contributed by atoms with Crippen molar-refractivity contribution < 1.29 is 23.9 Å². The quantitative estimate of drug-likeness (QED) is 0.175. The number of nitrogens with zero attached hydrogens (tertiary/aromatic N) is 1. The van der Waals surface area contributed by atoms with Gasteiger partial charge in [0.25, 0.3) is 0 Å². The maximum Gasteiger partial charge on any atom is 0.338 e. The number of Topliss-reactive ketones (excluding diaryl/α,β-unsaturated/α-hetero) is 2. The third-order valence-corrected chi connectivity index (χ3v) is 6.64. The summed E-state index contributed by atoms with van der Waals surface area (Å²) in [5.74, 6) is 0.763. The van der Waals surface area contributed by atoms with Crippen LogP contribution in [-0.2, 0) is 14.3 Å². The van der Waals surface area contributed by atoms with E-state index in [0.717, 1.165) is 18.5 Å². The van der Waals surface area contributed by atoms with Crippen molar-refractivity contribution in [1.82, 2.24) is 0 Å². The molecule has 1 aromatic rings. The molecule has 6 nitrogen and oxygen atoms in total. The lowest BCUT2D eigenvalue weighted by Gasteiger charge is -2.29. The van der Waals surface area contributed by atoms with Gasteiger partial charge in [0.2, 0.25) is 0 Å². The smallest absolute Gasteiger partial charge is 0.338 e. The van der Waals surface area contributed by atoms with Gasteiger partial charge in [-0.1, -0.05) is 12.5 Å². The Bertz CT molecular complexity index is 976. The molecule has 192 valence electrons. The van der Waals surface area contributed by atoms with Crippen molar-refractivity contribution in [2.75, 3.05) is 43.0 Å². The number of halogens is 2. The number of carbonyl (C=O) groups is 3. The summed E-state index contributed by atoms with van der Waals surface area (Å²) in [5.41, 5.74) is 2.09. The third kappa shape index (κ3) is 8.11. The van der Waals surface area contributed by atoms with Crippen LogP contribution in [0.15, 0.2) is 41.0 Å². The summed E-state index contributed by atoms with van der Waals surface area (Å²) >= 11 is 12.0. The van der Waals surface area contributed by atoms with Crippen LogP contribution in [0.3, 0.4) is 0 Å². The molecular weight excluding hydrogens is 489 g/mol. The fourth-order valence-corrected chi connectivity index (χ4v) is 4.11. The Hall–Kier alpha value is -2.31. The predicted molar refractivity (Wildman–Crippen MR) is 141 cm³/mol. The number of benzene rings is 1. The molecule has 0 atom stereocenters. The molecule has 1 saturated carbocycles. The van der Waals surface area contributed by atoms with Crippen LogP contribution in [0, 0.1) is 5.92 Å². The number of hydrogen-bond donors (Lipinski definition) is 0. The minimum atomic E-state index is -0.604. The van der Waals surface area contributed by atoms with E-state index in [0.29, 0.717) is 54.3 Å². The molecule has 0 N–H and O–H groups in total. The number of ether oxygens (including phenoxy) is 2. The molecule has 35 heavy (non-hydrogen) atoms. The van der Waals surface area contributed by atoms with Crippen molar-refractivity contribution in [1.29, 1.82) is 0 Å². The number of ketones is 2. The average molecular weight is 524 g/mol. The normalized spacial score (nSPS) is 14.6. The molecule has 1 fully saturated rings. The van der Waals surface area contributed by atoms with Gasteiger partial charge in [0.05, 0.1) is 17.9 Å². The Morgan fingerprint density at radius 3 is 2.26 bits per heavy atom. The van der Waals surface area contributed by atoms with Gasteiger partial charge in [-0.2, -0.15) is 0 Å². The summed E-state index contributed by atoms with van der Waals surface area (Å²) < 4.78 is 11.6. The summed E-state index contributed by atoms with van der Waals surface area (Å²) in [7, 11) is 0. The molecule has 0 amide bonds. The second-order valence-electron chi connectivity index (χ2n) is 8.69. The molecule has 1 aromatic carbocycles. The summed E-state index contributed by atoms with van der Waals surface area (Å²) in [6.45, 7) is 7.83. The first kappa shape index (κ1) is 28.9. The lowest BCUT2D eigenvalue weighted by molar-refractivity contribution is -0.115. The van der Waals surface area contributed by atoms with E-state index in [1.165, 1.54) is 13.3 Å². The monoisotopic (exact) mass is 523 g/mol. The molecule has 0 heterocycles. The summed E-state index contributed by atoms with van der Waals surface area (Å²) in [5, 5.41) is 0. The van der Waals surface area contributed by atoms with Crippen molar-refractivity contribution in [2.45, 2.75) is 47.0 Å².